The molecule has 2 heterocycles. The van der Waals surface area contributed by atoms with Gasteiger partial charge in [-0.25, -0.2) is 9.78 Å². The van der Waals surface area contributed by atoms with Crippen LogP contribution in [-0.4, -0.2) is 10.1 Å². The fraction of sp³-hybridized carbons (Fsp3) is 0.125. The Hall–Kier alpha value is -1.92. The van der Waals surface area contributed by atoms with Crippen LogP contribution in [-0.2, 0) is 0 Å². The molecule has 0 saturated carbocycles. The molecule has 112 valence electrons. The molecule has 0 saturated heterocycles. The van der Waals surface area contributed by atoms with E-state index >= 15 is 0 Å². The van der Waals surface area contributed by atoms with Crippen LogP contribution >= 0.6 is 27.3 Å². The van der Waals surface area contributed by atoms with E-state index in [0.29, 0.717) is 15.9 Å². The number of aromatic hydroxyl groups is 1. The Morgan fingerprint density at radius 3 is 2.59 bits per heavy atom. The summed E-state index contributed by atoms with van der Waals surface area (Å²) >= 11 is 4.63. The van der Waals surface area contributed by atoms with E-state index < -0.39 is 5.63 Å². The minimum absolute atomic E-state index is 0.0760. The maximum atomic E-state index is 12.0. The van der Waals surface area contributed by atoms with Crippen molar-refractivity contribution in [3.05, 3.63) is 55.9 Å². The molecule has 4 nitrogen and oxygen atoms in total. The van der Waals surface area contributed by atoms with Crippen LogP contribution in [0.2, 0.25) is 0 Å². The van der Waals surface area contributed by atoms with Crippen LogP contribution in [0.25, 0.3) is 21.8 Å². The topological polar surface area (TPSA) is 63.3 Å². The normalized spacial score (nSPS) is 10.9. The number of rotatable bonds is 2. The third-order valence-corrected chi connectivity index (χ3v) is 5.09. The number of thiazole rings is 1. The first-order valence-corrected chi connectivity index (χ1v) is 8.19. The first kappa shape index (κ1) is 15.0. The van der Waals surface area contributed by atoms with Crippen molar-refractivity contribution in [2.45, 2.75) is 13.8 Å². The summed E-state index contributed by atoms with van der Waals surface area (Å²) in [6.07, 6.45) is 0. The van der Waals surface area contributed by atoms with Gasteiger partial charge in [-0.2, -0.15) is 0 Å². The number of hydrogen-bond donors (Lipinski definition) is 1. The van der Waals surface area contributed by atoms with Crippen molar-refractivity contribution in [3.8, 4) is 27.6 Å². The minimum Gasteiger partial charge on any atom is -0.506 e. The molecule has 0 radical (unpaired) electrons. The lowest BCUT2D eigenvalue weighted by Crippen LogP contribution is -2.05. The number of hydrogen-bond acceptors (Lipinski definition) is 5. The molecule has 3 rings (SSSR count). The van der Waals surface area contributed by atoms with Crippen molar-refractivity contribution in [2.75, 3.05) is 0 Å². The molecule has 1 aromatic carbocycles. The summed E-state index contributed by atoms with van der Waals surface area (Å²) in [4.78, 5) is 16.5. The van der Waals surface area contributed by atoms with Crippen LogP contribution in [0.4, 0.5) is 0 Å². The van der Waals surface area contributed by atoms with E-state index in [1.54, 1.807) is 12.3 Å². The molecule has 0 aliphatic rings. The Bertz CT molecular complexity index is 897. The fourth-order valence-electron chi connectivity index (χ4n) is 2.05. The molecule has 0 amide bonds. The molecular formula is C16H12BrNO3S. The van der Waals surface area contributed by atoms with Gasteiger partial charge in [0, 0.05) is 10.9 Å². The second-order valence-electron chi connectivity index (χ2n) is 4.89. The average molecular weight is 378 g/mol. The number of aryl methyl sites for hydroxylation is 2. The molecule has 0 aliphatic heterocycles. The maximum Gasteiger partial charge on any atom is 0.349 e. The number of aromatic nitrogens is 1. The largest absolute Gasteiger partial charge is 0.506 e. The van der Waals surface area contributed by atoms with Gasteiger partial charge in [0.15, 0.2) is 0 Å². The molecule has 6 heteroatoms. The number of nitrogens with zero attached hydrogens (tertiary/aromatic N) is 1. The Morgan fingerprint density at radius 2 is 1.91 bits per heavy atom. The predicted molar refractivity (Wildman–Crippen MR) is 90.4 cm³/mol. The highest BCUT2D eigenvalue weighted by Gasteiger charge is 2.19. The summed E-state index contributed by atoms with van der Waals surface area (Å²) in [5.74, 6) is 0.190. The molecule has 0 aliphatic carbocycles. The zero-order chi connectivity index (χ0) is 15.9. The van der Waals surface area contributed by atoms with Crippen LogP contribution in [0.3, 0.4) is 0 Å². The van der Waals surface area contributed by atoms with Crippen molar-refractivity contribution in [2.24, 2.45) is 0 Å². The van der Waals surface area contributed by atoms with Crippen molar-refractivity contribution in [1.29, 1.82) is 0 Å². The highest BCUT2D eigenvalue weighted by atomic mass is 79.9. The van der Waals surface area contributed by atoms with Crippen LogP contribution in [0, 0.1) is 13.8 Å². The molecule has 0 atom stereocenters. The first-order chi connectivity index (χ1) is 10.5. The summed E-state index contributed by atoms with van der Waals surface area (Å²) in [5.41, 5.74) is 2.02. The van der Waals surface area contributed by atoms with Crippen molar-refractivity contribution in [3.63, 3.8) is 0 Å². The van der Waals surface area contributed by atoms with Crippen LogP contribution in [0.15, 0.2) is 43.3 Å². The molecule has 0 bridgehead atoms. The van der Waals surface area contributed by atoms with E-state index in [4.69, 9.17) is 4.42 Å². The zero-order valence-corrected chi connectivity index (χ0v) is 14.3. The SMILES string of the molecule is Cc1ccc(-c2nc(-c3c(O)c(Br)c(C)oc3=O)cs2)cc1. The van der Waals surface area contributed by atoms with E-state index in [0.717, 1.165) is 10.6 Å². The lowest BCUT2D eigenvalue weighted by Gasteiger charge is -2.04. The molecule has 0 spiro atoms. The van der Waals surface area contributed by atoms with Gasteiger partial charge in [0.2, 0.25) is 0 Å². The van der Waals surface area contributed by atoms with Gasteiger partial charge in [-0.15, -0.1) is 11.3 Å². The molecule has 1 N–H and O–H groups in total. The van der Waals surface area contributed by atoms with Gasteiger partial charge in [0.05, 0.1) is 10.2 Å². The standard InChI is InChI=1S/C16H12BrNO3S/c1-8-3-5-10(6-4-8)15-18-11(7-22-15)12-14(19)13(17)9(2)21-16(12)20/h3-7,19H,1-2H3. The molecular weight excluding hydrogens is 366 g/mol. The summed E-state index contributed by atoms with van der Waals surface area (Å²) in [6, 6.07) is 7.96. The van der Waals surface area contributed by atoms with Crippen LogP contribution in [0.1, 0.15) is 11.3 Å². The predicted octanol–water partition coefficient (Wildman–Crippen LogP) is 4.52. The monoisotopic (exact) mass is 377 g/mol. The van der Waals surface area contributed by atoms with E-state index in [-0.39, 0.29) is 11.3 Å². The second-order valence-corrected chi connectivity index (χ2v) is 6.54. The summed E-state index contributed by atoms with van der Waals surface area (Å²) < 4.78 is 5.47. The zero-order valence-electron chi connectivity index (χ0n) is 11.9. The van der Waals surface area contributed by atoms with E-state index in [9.17, 15) is 9.90 Å². The maximum absolute atomic E-state index is 12.0. The Labute approximate surface area is 139 Å². The van der Waals surface area contributed by atoms with Gasteiger partial charge >= 0.3 is 5.63 Å². The smallest absolute Gasteiger partial charge is 0.349 e. The number of halogens is 1. The van der Waals surface area contributed by atoms with Crippen molar-refractivity contribution in [1.82, 2.24) is 4.98 Å². The highest BCUT2D eigenvalue weighted by molar-refractivity contribution is 9.10. The third kappa shape index (κ3) is 2.60. The Kier molecular flexibility index (Phi) is 3.88. The van der Waals surface area contributed by atoms with Crippen LogP contribution < -0.4 is 5.63 Å². The summed E-state index contributed by atoms with van der Waals surface area (Å²) in [6.45, 7) is 3.62. The van der Waals surface area contributed by atoms with Crippen molar-refractivity contribution >= 4 is 27.3 Å². The Balaban J connectivity index is 2.10. The lowest BCUT2D eigenvalue weighted by molar-refractivity contribution is 0.432. The molecule has 3 aromatic rings. The van der Waals surface area contributed by atoms with Gasteiger partial charge in [0.25, 0.3) is 0 Å². The van der Waals surface area contributed by atoms with Crippen LogP contribution in [0.5, 0.6) is 5.75 Å². The fourth-order valence-corrected chi connectivity index (χ4v) is 3.15. The van der Waals surface area contributed by atoms with Gasteiger partial charge in [-0.3, -0.25) is 0 Å². The molecule has 0 fully saturated rings. The van der Waals surface area contributed by atoms with E-state index in [1.807, 2.05) is 31.2 Å². The average Bonchev–Trinajstić information content (AvgIpc) is 2.95. The molecule has 22 heavy (non-hydrogen) atoms. The third-order valence-electron chi connectivity index (χ3n) is 3.26. The summed E-state index contributed by atoms with van der Waals surface area (Å²) in [7, 11) is 0. The first-order valence-electron chi connectivity index (χ1n) is 6.52. The lowest BCUT2D eigenvalue weighted by atomic mass is 10.1. The van der Waals surface area contributed by atoms with Gasteiger partial charge in [-0.1, -0.05) is 29.8 Å². The molecule has 0 unspecified atom stereocenters. The minimum atomic E-state index is -0.598. The van der Waals surface area contributed by atoms with E-state index in [1.165, 1.54) is 16.9 Å². The van der Waals surface area contributed by atoms with E-state index in [2.05, 4.69) is 20.9 Å². The summed E-state index contributed by atoms with van der Waals surface area (Å²) in [5, 5.41) is 12.7. The number of benzene rings is 1. The second kappa shape index (κ2) is 5.70. The van der Waals surface area contributed by atoms with Gasteiger partial charge < -0.3 is 9.52 Å². The van der Waals surface area contributed by atoms with Gasteiger partial charge in [0.1, 0.15) is 22.1 Å². The van der Waals surface area contributed by atoms with Crippen molar-refractivity contribution < 1.29 is 9.52 Å². The Morgan fingerprint density at radius 1 is 1.23 bits per heavy atom. The van der Waals surface area contributed by atoms with Gasteiger partial charge in [-0.05, 0) is 29.8 Å². The molecule has 2 aromatic heterocycles. The highest BCUT2D eigenvalue weighted by Crippen LogP contribution is 2.36. The quantitative estimate of drug-likeness (QED) is 0.713.